The monoisotopic (exact) mass is 306 g/mol. The number of carboxylic acid groups (broad SMARTS) is 1. The molecule has 0 aliphatic rings. The molecule has 1 atom stereocenters. The van der Waals surface area contributed by atoms with E-state index in [0.717, 1.165) is 19.3 Å². The molecule has 0 spiro atoms. The topological polar surface area (TPSA) is 66.4 Å². The van der Waals surface area contributed by atoms with Crippen LogP contribution in [0.15, 0.2) is 0 Å². The zero-order valence-electron chi connectivity index (χ0n) is 15.1. The first-order valence-corrected chi connectivity index (χ1v) is 8.23. The molecule has 4 nitrogen and oxygen atoms in total. The third-order valence-electron chi connectivity index (χ3n) is 4.13. The van der Waals surface area contributed by atoms with Gasteiger partial charge in [0.25, 0.3) is 0 Å². The maximum atomic E-state index is 11.5. The van der Waals surface area contributed by atoms with Crippen LogP contribution < -0.4 is 24.0 Å². The largest absolute Gasteiger partial charge is 1.00 e. The van der Waals surface area contributed by atoms with E-state index < -0.39 is 24.0 Å². The zero-order chi connectivity index (χ0) is 16.3. The number of aliphatic carboxylic acids is 1. The van der Waals surface area contributed by atoms with E-state index in [2.05, 4.69) is 6.92 Å². The number of esters is 1. The summed E-state index contributed by atoms with van der Waals surface area (Å²) in [4.78, 5) is 22.0. The Morgan fingerprint density at radius 1 is 1.05 bits per heavy atom. The maximum absolute atomic E-state index is 11.5. The Bertz CT molecular complexity index is 318. The van der Waals surface area contributed by atoms with Crippen LogP contribution in [0.2, 0.25) is 0 Å². The summed E-state index contributed by atoms with van der Waals surface area (Å²) < 4.78 is 5.40. The maximum Gasteiger partial charge on any atom is 1.00 e. The molecule has 0 saturated carbocycles. The standard InChI is InChI=1S/C17H32O4.Li/c1-5-6-7-8-9-10-11-12-17(4,14(2)3)21-16(20)13-15(18)19;/h14H,5-13H2,1-4H3,(H,18,19);/q;+1/p-1. The normalized spacial score (nSPS) is 13.3. The van der Waals surface area contributed by atoms with Gasteiger partial charge in [-0.15, -0.1) is 0 Å². The van der Waals surface area contributed by atoms with Crippen LogP contribution in [0.5, 0.6) is 0 Å². The molecule has 0 heterocycles. The number of ether oxygens (including phenoxy) is 1. The van der Waals surface area contributed by atoms with Crippen LogP contribution in [-0.2, 0) is 14.3 Å². The Morgan fingerprint density at radius 2 is 1.55 bits per heavy atom. The predicted molar refractivity (Wildman–Crippen MR) is 81.6 cm³/mol. The number of carboxylic acids is 1. The molecule has 124 valence electrons. The number of carbonyl (C=O) groups is 2. The van der Waals surface area contributed by atoms with Crippen molar-refractivity contribution in [1.29, 1.82) is 0 Å². The molecule has 0 aromatic heterocycles. The number of hydrogen-bond donors (Lipinski definition) is 0. The summed E-state index contributed by atoms with van der Waals surface area (Å²) in [5, 5.41) is 10.4. The summed E-state index contributed by atoms with van der Waals surface area (Å²) in [7, 11) is 0. The minimum Gasteiger partial charge on any atom is -0.550 e. The summed E-state index contributed by atoms with van der Waals surface area (Å²) in [5.41, 5.74) is -0.587. The molecule has 0 fully saturated rings. The molecule has 0 amide bonds. The Balaban J connectivity index is 0. The predicted octanol–water partition coefficient (Wildman–Crippen LogP) is 0.229. The fraction of sp³-hybridized carbons (Fsp3) is 0.882. The molecule has 0 rings (SSSR count). The zero-order valence-corrected chi connectivity index (χ0v) is 15.1. The van der Waals surface area contributed by atoms with E-state index in [0.29, 0.717) is 0 Å². The number of unbranched alkanes of at least 4 members (excludes halogenated alkanes) is 6. The van der Waals surface area contributed by atoms with Gasteiger partial charge in [-0.3, -0.25) is 4.79 Å². The second-order valence-corrected chi connectivity index (χ2v) is 6.36. The Morgan fingerprint density at radius 3 is 2.00 bits per heavy atom. The third-order valence-corrected chi connectivity index (χ3v) is 4.13. The van der Waals surface area contributed by atoms with Gasteiger partial charge < -0.3 is 14.6 Å². The van der Waals surface area contributed by atoms with Gasteiger partial charge in [0.15, 0.2) is 0 Å². The van der Waals surface area contributed by atoms with Gasteiger partial charge in [-0.2, -0.15) is 0 Å². The molecule has 5 heteroatoms. The Hall–Kier alpha value is -0.463. The van der Waals surface area contributed by atoms with Gasteiger partial charge in [-0.1, -0.05) is 59.3 Å². The van der Waals surface area contributed by atoms with E-state index in [1.165, 1.54) is 32.1 Å². The van der Waals surface area contributed by atoms with Gasteiger partial charge in [0.2, 0.25) is 0 Å². The minimum absolute atomic E-state index is 0. The molecule has 1 unspecified atom stereocenters. The molecule has 0 aliphatic carbocycles. The summed E-state index contributed by atoms with van der Waals surface area (Å²) >= 11 is 0. The van der Waals surface area contributed by atoms with Crippen LogP contribution in [0, 0.1) is 5.92 Å². The first kappa shape index (κ1) is 23.8. The van der Waals surface area contributed by atoms with Crippen molar-refractivity contribution in [3.05, 3.63) is 0 Å². The summed E-state index contributed by atoms with van der Waals surface area (Å²) in [5.74, 6) is -1.93. The van der Waals surface area contributed by atoms with Crippen molar-refractivity contribution in [2.45, 2.75) is 91.1 Å². The molecular weight excluding hydrogens is 275 g/mol. The van der Waals surface area contributed by atoms with Crippen molar-refractivity contribution in [3.63, 3.8) is 0 Å². The van der Waals surface area contributed by atoms with E-state index in [-0.39, 0.29) is 24.8 Å². The van der Waals surface area contributed by atoms with Crippen molar-refractivity contribution < 1.29 is 38.3 Å². The third kappa shape index (κ3) is 11.2. The molecule has 0 aliphatic heterocycles. The summed E-state index contributed by atoms with van der Waals surface area (Å²) in [6.45, 7) is 8.08. The molecule has 0 radical (unpaired) electrons. The molecule has 22 heavy (non-hydrogen) atoms. The van der Waals surface area contributed by atoms with Gasteiger partial charge >= 0.3 is 24.8 Å². The summed E-state index contributed by atoms with van der Waals surface area (Å²) in [6, 6.07) is 0. The SMILES string of the molecule is CCCCCCCCCC(C)(OC(=O)CC(=O)[O-])C(C)C.[Li+]. The number of carbonyl (C=O) groups excluding carboxylic acids is 2. The second-order valence-electron chi connectivity index (χ2n) is 6.36. The Labute approximate surface area is 147 Å². The second kappa shape index (κ2) is 13.0. The molecule has 0 saturated heterocycles. The van der Waals surface area contributed by atoms with Crippen LogP contribution in [-0.4, -0.2) is 17.5 Å². The van der Waals surface area contributed by atoms with Crippen LogP contribution in [0.1, 0.15) is 85.5 Å². The van der Waals surface area contributed by atoms with Crippen LogP contribution in [0.3, 0.4) is 0 Å². The van der Waals surface area contributed by atoms with Gasteiger partial charge in [-0.25, -0.2) is 0 Å². The average molecular weight is 306 g/mol. The molecule has 0 bridgehead atoms. The first-order chi connectivity index (χ1) is 9.81. The number of hydrogen-bond acceptors (Lipinski definition) is 4. The smallest absolute Gasteiger partial charge is 0.550 e. The summed E-state index contributed by atoms with van der Waals surface area (Å²) in [6.07, 6.45) is 8.54. The number of rotatable bonds is 12. The van der Waals surface area contributed by atoms with E-state index in [1.807, 2.05) is 20.8 Å². The van der Waals surface area contributed by atoms with Crippen LogP contribution >= 0.6 is 0 Å². The Kier molecular flexibility index (Phi) is 14.1. The van der Waals surface area contributed by atoms with Crippen molar-refractivity contribution in [1.82, 2.24) is 0 Å². The average Bonchev–Trinajstić information content (AvgIpc) is 2.36. The fourth-order valence-corrected chi connectivity index (χ4v) is 2.30. The molecule has 0 N–H and O–H groups in total. The quantitative estimate of drug-likeness (QED) is 0.224. The van der Waals surface area contributed by atoms with E-state index in [4.69, 9.17) is 4.74 Å². The molecule has 0 aromatic rings. The van der Waals surface area contributed by atoms with E-state index in [9.17, 15) is 14.7 Å². The fourth-order valence-electron chi connectivity index (χ4n) is 2.30. The molecular formula is C17H31LiO4. The van der Waals surface area contributed by atoms with Gasteiger partial charge in [0.1, 0.15) is 5.60 Å². The van der Waals surface area contributed by atoms with Gasteiger partial charge in [-0.05, 0) is 25.7 Å². The minimum atomic E-state index is -1.39. The van der Waals surface area contributed by atoms with Crippen molar-refractivity contribution >= 4 is 11.9 Å². The van der Waals surface area contributed by atoms with E-state index >= 15 is 0 Å². The van der Waals surface area contributed by atoms with Crippen molar-refractivity contribution in [3.8, 4) is 0 Å². The van der Waals surface area contributed by atoms with Crippen LogP contribution in [0.4, 0.5) is 0 Å². The van der Waals surface area contributed by atoms with Crippen molar-refractivity contribution in [2.24, 2.45) is 5.92 Å². The van der Waals surface area contributed by atoms with Crippen LogP contribution in [0.25, 0.3) is 0 Å². The van der Waals surface area contributed by atoms with Crippen molar-refractivity contribution in [2.75, 3.05) is 0 Å². The first-order valence-electron chi connectivity index (χ1n) is 8.23. The van der Waals surface area contributed by atoms with E-state index in [1.54, 1.807) is 0 Å². The van der Waals surface area contributed by atoms with Gasteiger partial charge in [0.05, 0.1) is 12.4 Å². The van der Waals surface area contributed by atoms with Gasteiger partial charge in [0, 0.05) is 0 Å². The molecule has 0 aromatic carbocycles.